The van der Waals surface area contributed by atoms with Crippen molar-refractivity contribution in [2.45, 2.75) is 19.4 Å². The van der Waals surface area contributed by atoms with Gasteiger partial charge in [-0.15, -0.1) is 0 Å². The van der Waals surface area contributed by atoms with Gasteiger partial charge in [0.2, 0.25) is 0 Å². The van der Waals surface area contributed by atoms with Crippen LogP contribution in [0.5, 0.6) is 0 Å². The average Bonchev–Trinajstić information content (AvgIpc) is 2.05. The van der Waals surface area contributed by atoms with Crippen LogP contribution in [0, 0.1) is 5.92 Å². The second kappa shape index (κ2) is 2.49. The molecule has 1 fully saturated rings. The number of rotatable bonds is 1. The topological polar surface area (TPSA) is 40.5 Å². The Hall–Kier alpha value is -0.120. The van der Waals surface area contributed by atoms with Crippen molar-refractivity contribution in [3.8, 4) is 0 Å². The van der Waals surface area contributed by atoms with Gasteiger partial charge in [-0.2, -0.15) is 4.65 Å². The SMILES string of the molecule is CCC1C[N+](C)(O)CC1O. The van der Waals surface area contributed by atoms with E-state index in [4.69, 9.17) is 0 Å². The number of aliphatic hydroxyl groups is 1. The lowest BCUT2D eigenvalue weighted by Gasteiger charge is -2.17. The highest BCUT2D eigenvalue weighted by molar-refractivity contribution is 4.71. The summed E-state index contributed by atoms with van der Waals surface area (Å²) >= 11 is 0. The molecule has 0 radical (unpaired) electrons. The molecule has 0 aromatic heterocycles. The molecule has 1 aliphatic heterocycles. The van der Waals surface area contributed by atoms with Gasteiger partial charge in [0.05, 0.1) is 7.05 Å². The first-order chi connectivity index (χ1) is 4.55. The van der Waals surface area contributed by atoms with Crippen LogP contribution in [0.2, 0.25) is 0 Å². The summed E-state index contributed by atoms with van der Waals surface area (Å²) in [4.78, 5) is 0. The lowest BCUT2D eigenvalue weighted by molar-refractivity contribution is -1.08. The molecule has 60 valence electrons. The number of nitrogens with zero attached hydrogens (tertiary/aromatic N) is 1. The van der Waals surface area contributed by atoms with Crippen molar-refractivity contribution in [1.82, 2.24) is 0 Å². The summed E-state index contributed by atoms with van der Waals surface area (Å²) in [6.45, 7) is 3.22. The van der Waals surface area contributed by atoms with Gasteiger partial charge in [-0.25, -0.2) is 5.21 Å². The maximum atomic E-state index is 9.44. The summed E-state index contributed by atoms with van der Waals surface area (Å²) < 4.78 is -0.0142. The van der Waals surface area contributed by atoms with Crippen molar-refractivity contribution >= 4 is 0 Å². The molecule has 1 heterocycles. The van der Waals surface area contributed by atoms with Crippen LogP contribution in [0.3, 0.4) is 0 Å². The van der Waals surface area contributed by atoms with Crippen LogP contribution in [0.25, 0.3) is 0 Å². The van der Waals surface area contributed by atoms with Gasteiger partial charge < -0.3 is 5.11 Å². The highest BCUT2D eigenvalue weighted by Crippen LogP contribution is 2.22. The monoisotopic (exact) mass is 146 g/mol. The van der Waals surface area contributed by atoms with E-state index >= 15 is 0 Å². The molecule has 3 atom stereocenters. The van der Waals surface area contributed by atoms with Crippen LogP contribution in [-0.4, -0.2) is 41.2 Å². The predicted molar refractivity (Wildman–Crippen MR) is 37.5 cm³/mol. The summed E-state index contributed by atoms with van der Waals surface area (Å²) in [5.41, 5.74) is 0. The zero-order chi connectivity index (χ0) is 7.78. The highest BCUT2D eigenvalue weighted by Gasteiger charge is 2.40. The largest absolute Gasteiger partial charge is 0.387 e. The lowest BCUT2D eigenvalue weighted by Crippen LogP contribution is -2.38. The zero-order valence-electron chi connectivity index (χ0n) is 6.62. The summed E-state index contributed by atoms with van der Waals surface area (Å²) in [6, 6.07) is 0. The molecule has 0 saturated carbocycles. The maximum Gasteiger partial charge on any atom is 0.135 e. The zero-order valence-corrected chi connectivity index (χ0v) is 6.62. The van der Waals surface area contributed by atoms with Gasteiger partial charge in [0.25, 0.3) is 0 Å². The van der Waals surface area contributed by atoms with Crippen molar-refractivity contribution in [2.75, 3.05) is 20.1 Å². The van der Waals surface area contributed by atoms with E-state index in [-0.39, 0.29) is 16.7 Å². The Morgan fingerprint density at radius 1 is 1.50 bits per heavy atom. The van der Waals surface area contributed by atoms with Crippen molar-refractivity contribution in [3.05, 3.63) is 0 Å². The maximum absolute atomic E-state index is 9.44. The highest BCUT2D eigenvalue weighted by atomic mass is 16.5. The number of quaternary nitrogens is 1. The number of likely N-dealkylation sites (N-methyl/N-ethyl adjacent to an activating group) is 1. The molecule has 0 spiro atoms. The first-order valence-corrected chi connectivity index (χ1v) is 3.80. The molecule has 0 aromatic rings. The summed E-state index contributed by atoms with van der Waals surface area (Å²) in [6.07, 6.45) is 0.648. The van der Waals surface area contributed by atoms with E-state index in [2.05, 4.69) is 0 Å². The van der Waals surface area contributed by atoms with E-state index in [1.165, 1.54) is 0 Å². The minimum Gasteiger partial charge on any atom is -0.387 e. The molecule has 0 aliphatic carbocycles. The van der Waals surface area contributed by atoms with Crippen LogP contribution < -0.4 is 0 Å². The van der Waals surface area contributed by atoms with Crippen LogP contribution in [0.15, 0.2) is 0 Å². The molecule has 3 unspecified atom stereocenters. The number of aliphatic hydroxyl groups excluding tert-OH is 1. The first kappa shape index (κ1) is 7.98. The van der Waals surface area contributed by atoms with Crippen molar-refractivity contribution < 1.29 is 15.0 Å². The summed E-state index contributed by atoms with van der Waals surface area (Å²) in [5.74, 6) is 0.287. The van der Waals surface area contributed by atoms with E-state index in [0.717, 1.165) is 6.42 Å². The van der Waals surface area contributed by atoms with Gasteiger partial charge >= 0.3 is 0 Å². The summed E-state index contributed by atoms with van der Waals surface area (Å²) in [7, 11) is 1.74. The third kappa shape index (κ3) is 1.48. The molecular weight excluding hydrogens is 130 g/mol. The summed E-state index contributed by atoms with van der Waals surface area (Å²) in [5, 5.41) is 18.8. The fourth-order valence-corrected chi connectivity index (χ4v) is 1.65. The van der Waals surface area contributed by atoms with Crippen LogP contribution in [0.4, 0.5) is 0 Å². The fourth-order valence-electron chi connectivity index (χ4n) is 1.65. The minimum atomic E-state index is -0.306. The number of hydrogen-bond donors (Lipinski definition) is 2. The van der Waals surface area contributed by atoms with E-state index in [1.807, 2.05) is 6.92 Å². The third-order valence-electron chi connectivity index (χ3n) is 2.28. The van der Waals surface area contributed by atoms with E-state index in [1.54, 1.807) is 7.05 Å². The van der Waals surface area contributed by atoms with E-state index < -0.39 is 0 Å². The molecule has 3 nitrogen and oxygen atoms in total. The number of hydroxylamine groups is 3. The average molecular weight is 146 g/mol. The lowest BCUT2D eigenvalue weighted by atomic mass is 10.0. The van der Waals surface area contributed by atoms with Crippen LogP contribution in [-0.2, 0) is 0 Å². The Bertz CT molecular complexity index is 125. The quantitative estimate of drug-likeness (QED) is 0.520. The fraction of sp³-hybridized carbons (Fsp3) is 1.00. The van der Waals surface area contributed by atoms with E-state index in [0.29, 0.717) is 13.1 Å². The van der Waals surface area contributed by atoms with Gasteiger partial charge in [-0.1, -0.05) is 6.92 Å². The third-order valence-corrected chi connectivity index (χ3v) is 2.28. The second-order valence-electron chi connectivity index (χ2n) is 3.44. The van der Waals surface area contributed by atoms with Gasteiger partial charge in [-0.05, 0) is 6.42 Å². The molecule has 1 rings (SSSR count). The second-order valence-corrected chi connectivity index (χ2v) is 3.44. The Balaban J connectivity index is 2.52. The van der Waals surface area contributed by atoms with Crippen LogP contribution in [0.1, 0.15) is 13.3 Å². The van der Waals surface area contributed by atoms with Gasteiger partial charge in [0.15, 0.2) is 0 Å². The number of hydrogen-bond acceptors (Lipinski definition) is 2. The first-order valence-electron chi connectivity index (χ1n) is 3.80. The molecule has 0 aromatic carbocycles. The molecule has 10 heavy (non-hydrogen) atoms. The normalized spacial score (nSPS) is 48.0. The molecule has 1 aliphatic rings. The van der Waals surface area contributed by atoms with Crippen molar-refractivity contribution in [3.63, 3.8) is 0 Å². The molecular formula is C7H16NO2+. The Kier molecular flexibility index (Phi) is 1.99. The van der Waals surface area contributed by atoms with Crippen LogP contribution >= 0.6 is 0 Å². The number of likely N-dealkylation sites (tertiary alicyclic amines) is 1. The van der Waals surface area contributed by atoms with Gasteiger partial charge in [0.1, 0.15) is 19.2 Å². The standard InChI is InChI=1S/C7H16NO2/c1-3-6-4-8(2,10)5-7(6)9/h6-7,9-10H,3-5H2,1-2H3/q+1. The molecule has 0 amide bonds. The Labute approximate surface area is 61.4 Å². The van der Waals surface area contributed by atoms with Crippen molar-refractivity contribution in [1.29, 1.82) is 0 Å². The minimum absolute atomic E-state index is 0.0142. The van der Waals surface area contributed by atoms with E-state index in [9.17, 15) is 10.3 Å². The Morgan fingerprint density at radius 2 is 2.10 bits per heavy atom. The smallest absolute Gasteiger partial charge is 0.135 e. The molecule has 3 heteroatoms. The molecule has 1 saturated heterocycles. The predicted octanol–water partition coefficient (Wildman–Crippen LogP) is 0.223. The molecule has 0 bridgehead atoms. The van der Waals surface area contributed by atoms with Crippen molar-refractivity contribution in [2.24, 2.45) is 5.92 Å². The molecule has 2 N–H and O–H groups in total. The van der Waals surface area contributed by atoms with Gasteiger partial charge in [-0.3, -0.25) is 0 Å². The Morgan fingerprint density at radius 3 is 2.30 bits per heavy atom. The van der Waals surface area contributed by atoms with Gasteiger partial charge in [0, 0.05) is 5.92 Å².